The van der Waals surface area contributed by atoms with E-state index in [-0.39, 0.29) is 6.03 Å². The summed E-state index contributed by atoms with van der Waals surface area (Å²) in [6, 6.07) is 13.9. The van der Waals surface area contributed by atoms with Gasteiger partial charge in [0, 0.05) is 29.0 Å². The van der Waals surface area contributed by atoms with Crippen LogP contribution in [0.25, 0.3) is 11.3 Å². The first-order valence-electron chi connectivity index (χ1n) is 7.14. The van der Waals surface area contributed by atoms with Gasteiger partial charge in [0.15, 0.2) is 0 Å². The molecular formula is C17H14Cl2N4O. The Morgan fingerprint density at radius 1 is 1.04 bits per heavy atom. The molecule has 0 unspecified atom stereocenters. The van der Waals surface area contributed by atoms with E-state index < -0.39 is 0 Å². The fraction of sp³-hybridized carbons (Fsp3) is 0.0588. The lowest BCUT2D eigenvalue weighted by atomic mass is 10.1. The standard InChI is InChI=1S/C17H14Cl2N4O/c1-23-16(15(19)10-20-23)11-3-2-4-14(9-11)22-17(24)21-13-7-5-12(18)6-8-13/h2-10H,1H3,(H2,21,22,24). The number of hydrogen-bond donors (Lipinski definition) is 2. The van der Waals surface area contributed by atoms with Crippen LogP contribution in [0.5, 0.6) is 0 Å². The molecule has 0 saturated heterocycles. The molecule has 0 fully saturated rings. The molecule has 2 amide bonds. The lowest BCUT2D eigenvalue weighted by molar-refractivity contribution is 0.262. The Kier molecular flexibility index (Phi) is 4.74. The fourth-order valence-corrected chi connectivity index (χ4v) is 2.71. The maximum absolute atomic E-state index is 12.1. The number of aryl methyl sites for hydroxylation is 1. The Morgan fingerprint density at radius 2 is 1.75 bits per heavy atom. The summed E-state index contributed by atoms with van der Waals surface area (Å²) in [6.07, 6.45) is 1.59. The second-order valence-corrected chi connectivity index (χ2v) is 5.98. The van der Waals surface area contributed by atoms with Gasteiger partial charge in [-0.05, 0) is 36.4 Å². The summed E-state index contributed by atoms with van der Waals surface area (Å²) in [6.45, 7) is 0. The quantitative estimate of drug-likeness (QED) is 0.687. The third kappa shape index (κ3) is 3.69. The molecule has 0 bridgehead atoms. The molecule has 0 radical (unpaired) electrons. The third-order valence-corrected chi connectivity index (χ3v) is 3.92. The largest absolute Gasteiger partial charge is 0.323 e. The predicted molar refractivity (Wildman–Crippen MR) is 97.7 cm³/mol. The van der Waals surface area contributed by atoms with Crippen LogP contribution in [0.1, 0.15) is 0 Å². The zero-order valence-electron chi connectivity index (χ0n) is 12.8. The van der Waals surface area contributed by atoms with E-state index in [0.717, 1.165) is 11.3 Å². The molecule has 3 aromatic rings. The van der Waals surface area contributed by atoms with E-state index in [2.05, 4.69) is 15.7 Å². The number of rotatable bonds is 3. The van der Waals surface area contributed by atoms with Crippen LogP contribution >= 0.6 is 23.2 Å². The van der Waals surface area contributed by atoms with Crippen LogP contribution in [0, 0.1) is 0 Å². The number of halogens is 2. The number of urea groups is 1. The Bertz CT molecular complexity index is 855. The van der Waals surface area contributed by atoms with Crippen molar-refractivity contribution in [1.82, 2.24) is 9.78 Å². The van der Waals surface area contributed by atoms with Gasteiger partial charge in [-0.2, -0.15) is 5.10 Å². The molecule has 5 nitrogen and oxygen atoms in total. The molecule has 7 heteroatoms. The van der Waals surface area contributed by atoms with Crippen molar-refractivity contribution >= 4 is 40.6 Å². The number of nitrogens with one attached hydrogen (secondary N) is 2. The van der Waals surface area contributed by atoms with Crippen molar-refractivity contribution in [3.05, 3.63) is 64.8 Å². The second kappa shape index (κ2) is 6.95. The van der Waals surface area contributed by atoms with Crippen molar-refractivity contribution in [3.8, 4) is 11.3 Å². The first-order chi connectivity index (χ1) is 11.5. The van der Waals surface area contributed by atoms with Gasteiger partial charge in [-0.3, -0.25) is 4.68 Å². The lowest BCUT2D eigenvalue weighted by Gasteiger charge is -2.10. The van der Waals surface area contributed by atoms with Gasteiger partial charge in [-0.15, -0.1) is 0 Å². The molecule has 24 heavy (non-hydrogen) atoms. The fourth-order valence-electron chi connectivity index (χ4n) is 2.31. The highest BCUT2D eigenvalue weighted by molar-refractivity contribution is 6.33. The minimum Gasteiger partial charge on any atom is -0.308 e. The predicted octanol–water partition coefficient (Wildman–Crippen LogP) is 5.04. The molecule has 0 spiro atoms. The first kappa shape index (κ1) is 16.4. The highest BCUT2D eigenvalue weighted by Gasteiger charge is 2.10. The molecule has 0 aliphatic rings. The minimum absolute atomic E-state index is 0.342. The van der Waals surface area contributed by atoms with Crippen molar-refractivity contribution in [2.45, 2.75) is 0 Å². The van der Waals surface area contributed by atoms with Crippen LogP contribution in [0.3, 0.4) is 0 Å². The summed E-state index contributed by atoms with van der Waals surface area (Å²) < 4.78 is 1.69. The van der Waals surface area contributed by atoms with Gasteiger partial charge in [0.05, 0.1) is 16.9 Å². The van der Waals surface area contributed by atoms with Crippen LogP contribution in [0.2, 0.25) is 10.0 Å². The first-order valence-corrected chi connectivity index (χ1v) is 7.90. The molecule has 0 aliphatic carbocycles. The van der Waals surface area contributed by atoms with Crippen LogP contribution < -0.4 is 10.6 Å². The topological polar surface area (TPSA) is 59.0 Å². The summed E-state index contributed by atoms with van der Waals surface area (Å²) in [4.78, 5) is 12.1. The van der Waals surface area contributed by atoms with E-state index in [1.165, 1.54) is 0 Å². The number of hydrogen-bond acceptors (Lipinski definition) is 2. The smallest absolute Gasteiger partial charge is 0.308 e. The minimum atomic E-state index is -0.342. The Balaban J connectivity index is 1.75. The molecule has 3 rings (SSSR count). The normalized spacial score (nSPS) is 10.5. The van der Waals surface area contributed by atoms with Gasteiger partial charge in [0.25, 0.3) is 0 Å². The molecule has 0 atom stereocenters. The van der Waals surface area contributed by atoms with Crippen molar-refractivity contribution in [2.75, 3.05) is 10.6 Å². The van der Waals surface area contributed by atoms with Gasteiger partial charge in [-0.1, -0.05) is 35.3 Å². The van der Waals surface area contributed by atoms with Crippen LogP contribution in [-0.2, 0) is 7.05 Å². The average molecular weight is 361 g/mol. The van der Waals surface area contributed by atoms with E-state index in [0.29, 0.717) is 21.4 Å². The van der Waals surface area contributed by atoms with Crippen molar-refractivity contribution in [2.24, 2.45) is 7.05 Å². The highest BCUT2D eigenvalue weighted by atomic mass is 35.5. The molecule has 2 aromatic carbocycles. The number of anilines is 2. The Morgan fingerprint density at radius 3 is 2.42 bits per heavy atom. The van der Waals surface area contributed by atoms with Crippen LogP contribution in [-0.4, -0.2) is 15.8 Å². The number of carbonyl (C=O) groups excluding carboxylic acids is 1. The van der Waals surface area contributed by atoms with E-state index in [4.69, 9.17) is 23.2 Å². The maximum atomic E-state index is 12.1. The molecule has 1 heterocycles. The van der Waals surface area contributed by atoms with E-state index in [1.807, 2.05) is 25.2 Å². The van der Waals surface area contributed by atoms with Gasteiger partial charge in [0.1, 0.15) is 0 Å². The van der Waals surface area contributed by atoms with E-state index in [9.17, 15) is 4.79 Å². The molecule has 1 aromatic heterocycles. The van der Waals surface area contributed by atoms with Crippen molar-refractivity contribution < 1.29 is 4.79 Å². The lowest BCUT2D eigenvalue weighted by Crippen LogP contribution is -2.19. The van der Waals surface area contributed by atoms with Crippen molar-refractivity contribution in [1.29, 1.82) is 0 Å². The molecule has 0 aliphatic heterocycles. The molecule has 122 valence electrons. The zero-order valence-corrected chi connectivity index (χ0v) is 14.3. The summed E-state index contributed by atoms with van der Waals surface area (Å²) in [5, 5.41) is 10.8. The Hall–Kier alpha value is -2.50. The third-order valence-electron chi connectivity index (χ3n) is 3.39. The Labute approximate surface area is 149 Å². The summed E-state index contributed by atoms with van der Waals surface area (Å²) in [5.41, 5.74) is 2.96. The van der Waals surface area contributed by atoms with E-state index in [1.54, 1.807) is 41.2 Å². The van der Waals surface area contributed by atoms with Crippen LogP contribution in [0.4, 0.5) is 16.2 Å². The monoisotopic (exact) mass is 360 g/mol. The van der Waals surface area contributed by atoms with Crippen molar-refractivity contribution in [3.63, 3.8) is 0 Å². The highest BCUT2D eigenvalue weighted by Crippen LogP contribution is 2.28. The number of nitrogens with zero attached hydrogens (tertiary/aromatic N) is 2. The number of carbonyl (C=O) groups is 1. The van der Waals surface area contributed by atoms with Gasteiger partial charge in [0.2, 0.25) is 0 Å². The summed E-state index contributed by atoms with van der Waals surface area (Å²) in [7, 11) is 1.81. The van der Waals surface area contributed by atoms with Gasteiger partial charge in [-0.25, -0.2) is 4.79 Å². The van der Waals surface area contributed by atoms with Gasteiger partial charge < -0.3 is 10.6 Å². The summed E-state index contributed by atoms with van der Waals surface area (Å²) >= 11 is 12.0. The van der Waals surface area contributed by atoms with E-state index >= 15 is 0 Å². The molecular weight excluding hydrogens is 347 g/mol. The number of aromatic nitrogens is 2. The molecule has 0 saturated carbocycles. The zero-order chi connectivity index (χ0) is 17.1. The second-order valence-electron chi connectivity index (χ2n) is 5.13. The number of amides is 2. The maximum Gasteiger partial charge on any atom is 0.323 e. The molecule has 2 N–H and O–H groups in total. The van der Waals surface area contributed by atoms with Crippen LogP contribution in [0.15, 0.2) is 54.7 Å². The van der Waals surface area contributed by atoms with Gasteiger partial charge >= 0.3 is 6.03 Å². The summed E-state index contributed by atoms with van der Waals surface area (Å²) in [5.74, 6) is 0. The number of benzene rings is 2. The SMILES string of the molecule is Cn1ncc(Cl)c1-c1cccc(NC(=O)Nc2ccc(Cl)cc2)c1. The average Bonchev–Trinajstić information content (AvgIpc) is 2.89.